The number of pyridine rings is 1. The van der Waals surface area contributed by atoms with Gasteiger partial charge in [0.1, 0.15) is 0 Å². The quantitative estimate of drug-likeness (QED) is 0.373. The summed E-state index contributed by atoms with van der Waals surface area (Å²) in [4.78, 5) is 16.9. The van der Waals surface area contributed by atoms with Gasteiger partial charge in [-0.2, -0.15) is 0 Å². The highest BCUT2D eigenvalue weighted by Crippen LogP contribution is 2.59. The summed E-state index contributed by atoms with van der Waals surface area (Å²) in [5.41, 5.74) is -0.158. The van der Waals surface area contributed by atoms with Crippen molar-refractivity contribution in [3.8, 4) is 0 Å². The number of hydrogen-bond donors (Lipinski definition) is 2. The number of aryl methyl sites for hydroxylation is 1. The van der Waals surface area contributed by atoms with Gasteiger partial charge >= 0.3 is 0 Å². The number of benzene rings is 2. The van der Waals surface area contributed by atoms with Crippen LogP contribution < -0.4 is 5.32 Å². The fraction of sp³-hybridized carbons (Fsp3) is 0.357. The number of aromatic nitrogens is 1. The topological polar surface area (TPSA) is 96.4 Å². The van der Waals surface area contributed by atoms with E-state index in [0.717, 1.165) is 11.8 Å². The van der Waals surface area contributed by atoms with Crippen LogP contribution in [0.1, 0.15) is 47.8 Å². The lowest BCUT2D eigenvalue weighted by atomic mass is 9.70. The van der Waals surface area contributed by atoms with Gasteiger partial charge in [-0.05, 0) is 68.2 Å². The Labute approximate surface area is 229 Å². The van der Waals surface area contributed by atoms with Crippen LogP contribution in [0, 0.1) is 42.1 Å². The minimum atomic E-state index is -4.04. The fourth-order valence-electron chi connectivity index (χ4n) is 6.19. The van der Waals surface area contributed by atoms with Crippen LogP contribution in [0.3, 0.4) is 0 Å². The van der Waals surface area contributed by atoms with E-state index < -0.39 is 44.0 Å². The second-order valence-electron chi connectivity index (χ2n) is 10.5. The third kappa shape index (κ3) is 4.72. The molecule has 0 spiro atoms. The predicted octanol–water partition coefficient (Wildman–Crippen LogP) is 5.81. The summed E-state index contributed by atoms with van der Waals surface area (Å²) >= 11 is 6.30. The third-order valence-corrected chi connectivity index (χ3v) is 10.8. The number of nitrogens with zero attached hydrogens (tertiary/aromatic N) is 1. The Balaban J connectivity index is 1.42. The molecule has 5 atom stereocenters. The normalized spacial score (nSPS) is 26.4. The highest BCUT2D eigenvalue weighted by molar-refractivity contribution is 7.92. The van der Waals surface area contributed by atoms with Gasteiger partial charge in [0.05, 0.1) is 20.8 Å². The number of sulfone groups is 1. The van der Waals surface area contributed by atoms with Gasteiger partial charge in [0.25, 0.3) is 5.91 Å². The van der Waals surface area contributed by atoms with E-state index in [0.29, 0.717) is 24.1 Å². The molecule has 1 heterocycles. The fourth-order valence-corrected chi connectivity index (χ4v) is 8.57. The van der Waals surface area contributed by atoms with E-state index >= 15 is 0 Å². The smallest absolute Gasteiger partial charge is 0.255 e. The molecule has 3 unspecified atom stereocenters. The largest absolute Gasteiger partial charge is 0.385 e. The Morgan fingerprint density at radius 2 is 1.77 bits per heavy atom. The van der Waals surface area contributed by atoms with E-state index in [1.165, 1.54) is 12.1 Å². The van der Waals surface area contributed by atoms with E-state index in [1.807, 2.05) is 26.0 Å². The molecule has 2 aliphatic carbocycles. The minimum absolute atomic E-state index is 0.0746. The first-order valence-corrected chi connectivity index (χ1v) is 14.4. The SMILES string of the molecule is Cc1ccc([C@@]2(O)C3CC(S(=O)(=O)c4cc(C(=O)Nc5cc(F)c(F)c(F)c5)ccc4Cl)CC2[C@@H](C)C3)cn1. The van der Waals surface area contributed by atoms with Crippen LogP contribution in [0.4, 0.5) is 18.9 Å². The van der Waals surface area contributed by atoms with Crippen LogP contribution in [-0.2, 0) is 15.4 Å². The van der Waals surface area contributed by atoms with Gasteiger partial charge in [-0.3, -0.25) is 9.78 Å². The number of amides is 1. The Kier molecular flexibility index (Phi) is 7.01. The molecule has 2 saturated carbocycles. The number of aliphatic hydroxyl groups is 1. The van der Waals surface area contributed by atoms with Crippen molar-refractivity contribution in [1.82, 2.24) is 4.98 Å². The summed E-state index contributed by atoms with van der Waals surface area (Å²) < 4.78 is 68.1. The predicted molar refractivity (Wildman–Crippen MR) is 140 cm³/mol. The highest BCUT2D eigenvalue weighted by atomic mass is 35.5. The van der Waals surface area contributed by atoms with Crippen molar-refractivity contribution in [2.24, 2.45) is 17.8 Å². The number of rotatable bonds is 5. The molecule has 1 aromatic heterocycles. The summed E-state index contributed by atoms with van der Waals surface area (Å²) in [7, 11) is -4.04. The molecular formula is C28H26ClF3N2O4S. The minimum Gasteiger partial charge on any atom is -0.385 e. The van der Waals surface area contributed by atoms with Crippen LogP contribution in [0.25, 0.3) is 0 Å². The number of anilines is 1. The molecule has 0 aliphatic heterocycles. The lowest BCUT2D eigenvalue weighted by Crippen LogP contribution is -2.46. The van der Waals surface area contributed by atoms with Crippen molar-refractivity contribution in [3.63, 3.8) is 0 Å². The van der Waals surface area contributed by atoms with Gasteiger partial charge in [0.2, 0.25) is 0 Å². The van der Waals surface area contributed by atoms with Gasteiger partial charge in [-0.15, -0.1) is 0 Å². The molecule has 5 rings (SSSR count). The van der Waals surface area contributed by atoms with Crippen molar-refractivity contribution in [2.75, 3.05) is 5.32 Å². The molecule has 206 valence electrons. The van der Waals surface area contributed by atoms with Crippen molar-refractivity contribution in [3.05, 3.63) is 88.0 Å². The number of fused-ring (bicyclic) bond motifs is 2. The lowest BCUT2D eigenvalue weighted by Gasteiger charge is -2.43. The third-order valence-electron chi connectivity index (χ3n) is 8.15. The van der Waals surface area contributed by atoms with Gasteiger partial charge in [0, 0.05) is 40.8 Å². The first-order valence-electron chi connectivity index (χ1n) is 12.5. The monoisotopic (exact) mass is 578 g/mol. The van der Waals surface area contributed by atoms with Crippen molar-refractivity contribution < 1.29 is 31.5 Å². The van der Waals surface area contributed by atoms with E-state index in [2.05, 4.69) is 10.3 Å². The molecule has 11 heteroatoms. The molecule has 0 saturated heterocycles. The van der Waals surface area contributed by atoms with Gasteiger partial charge < -0.3 is 10.4 Å². The maximum atomic E-state index is 13.8. The summed E-state index contributed by atoms with van der Waals surface area (Å²) in [6, 6.07) is 8.57. The van der Waals surface area contributed by atoms with Gasteiger partial charge in [-0.1, -0.05) is 24.6 Å². The zero-order valence-corrected chi connectivity index (χ0v) is 22.7. The standard InChI is InChI=1S/C28H26ClF3N2O4S/c1-14-7-18-9-20(12-21(14)28(18,36)17-5-3-15(2)33-13-17)39(37,38)25-8-16(4-6-22(25)29)27(35)34-19-10-23(30)26(32)24(31)11-19/h3-6,8,10-11,13-14,18,20-21,36H,7,9,12H2,1-2H3,(H,34,35)/t14-,18?,20?,21?,28+/m0/s1. The number of nitrogens with one attached hydrogen (secondary N) is 1. The van der Waals surface area contributed by atoms with Gasteiger partial charge in [-0.25, -0.2) is 21.6 Å². The molecule has 3 aromatic rings. The molecule has 2 N–H and O–H groups in total. The Morgan fingerprint density at radius 3 is 2.38 bits per heavy atom. The number of carbonyl (C=O) groups excluding carboxylic acids is 1. The first kappa shape index (κ1) is 27.6. The molecule has 6 nitrogen and oxygen atoms in total. The number of hydrogen-bond acceptors (Lipinski definition) is 5. The Morgan fingerprint density at radius 1 is 1.08 bits per heavy atom. The summed E-state index contributed by atoms with van der Waals surface area (Å²) in [5, 5.41) is 13.2. The lowest BCUT2D eigenvalue weighted by molar-refractivity contribution is -0.0701. The molecule has 1 amide bonds. The summed E-state index contributed by atoms with van der Waals surface area (Å²) in [5.74, 6) is -6.05. The van der Waals surface area contributed by atoms with Crippen LogP contribution in [0.15, 0.2) is 53.6 Å². The maximum absolute atomic E-state index is 13.8. The van der Waals surface area contributed by atoms with E-state index in [1.54, 1.807) is 6.20 Å². The van der Waals surface area contributed by atoms with E-state index in [-0.39, 0.29) is 51.8 Å². The van der Waals surface area contributed by atoms with E-state index in [9.17, 15) is 31.5 Å². The number of carbonyl (C=O) groups is 1. The second-order valence-corrected chi connectivity index (χ2v) is 13.1. The van der Waals surface area contributed by atoms with Crippen molar-refractivity contribution in [2.45, 2.75) is 48.9 Å². The van der Waals surface area contributed by atoms with Crippen LogP contribution in [0.5, 0.6) is 0 Å². The maximum Gasteiger partial charge on any atom is 0.255 e. The molecule has 39 heavy (non-hydrogen) atoms. The van der Waals surface area contributed by atoms with Crippen molar-refractivity contribution in [1.29, 1.82) is 0 Å². The van der Waals surface area contributed by atoms with Crippen LogP contribution in [0.2, 0.25) is 5.02 Å². The second kappa shape index (κ2) is 9.91. The van der Waals surface area contributed by atoms with Crippen molar-refractivity contribution >= 4 is 33.0 Å². The first-order chi connectivity index (χ1) is 18.3. The average molecular weight is 579 g/mol. The van der Waals surface area contributed by atoms with Gasteiger partial charge in [0.15, 0.2) is 27.3 Å². The average Bonchev–Trinajstić information content (AvgIpc) is 3.00. The molecule has 2 aromatic carbocycles. The summed E-state index contributed by atoms with van der Waals surface area (Å²) in [6.45, 7) is 3.86. The zero-order valence-electron chi connectivity index (χ0n) is 21.1. The highest BCUT2D eigenvalue weighted by Gasteiger charge is 2.59. The van der Waals surface area contributed by atoms with Crippen LogP contribution >= 0.6 is 11.6 Å². The molecule has 2 aliphatic rings. The number of halogens is 4. The Bertz CT molecular complexity index is 1540. The Hall–Kier alpha value is -2.95. The molecule has 2 bridgehead atoms. The zero-order chi connectivity index (χ0) is 28.3. The molecule has 2 fully saturated rings. The molecule has 0 radical (unpaired) electrons. The van der Waals surface area contributed by atoms with E-state index in [4.69, 9.17) is 11.6 Å². The summed E-state index contributed by atoms with van der Waals surface area (Å²) in [6.07, 6.45) is 2.71. The molecular weight excluding hydrogens is 553 g/mol. The van der Waals surface area contributed by atoms with Crippen LogP contribution in [-0.4, -0.2) is 29.7 Å².